The molecular weight excluding hydrogens is 150 g/mol. The molecule has 2 N–H and O–H groups in total. The third-order valence-electron chi connectivity index (χ3n) is 3.91. The summed E-state index contributed by atoms with van der Waals surface area (Å²) in [5.74, 6) is 1.71. The lowest BCUT2D eigenvalue weighted by atomic mass is 10.1. The molecule has 2 aliphatic carbocycles. The zero-order chi connectivity index (χ0) is 8.60. The van der Waals surface area contributed by atoms with Gasteiger partial charge in [0.15, 0.2) is 0 Å². The molecule has 0 radical (unpaired) electrons. The van der Waals surface area contributed by atoms with Gasteiger partial charge in [-0.05, 0) is 31.6 Å². The van der Waals surface area contributed by atoms with Gasteiger partial charge >= 0.3 is 0 Å². The molecule has 0 aromatic carbocycles. The van der Waals surface area contributed by atoms with Gasteiger partial charge < -0.3 is 5.11 Å². The second kappa shape index (κ2) is 3.00. The zero-order valence-corrected chi connectivity index (χ0v) is 7.84. The molecule has 0 spiro atoms. The predicted octanol–water partition coefficient (Wildman–Crippen LogP) is 1.49. The summed E-state index contributed by atoms with van der Waals surface area (Å²) in [6.07, 6.45) is 6.94. The highest BCUT2D eigenvalue weighted by atomic mass is 16.3. The first-order chi connectivity index (χ1) is 5.79. The second-order valence-electron chi connectivity index (χ2n) is 4.47. The van der Waals surface area contributed by atoms with Crippen molar-refractivity contribution in [2.24, 2.45) is 11.8 Å². The number of nitrogens with one attached hydrogen (secondary N) is 1. The van der Waals surface area contributed by atoms with Gasteiger partial charge in [-0.1, -0.05) is 19.3 Å². The fraction of sp³-hybridized carbons (Fsp3) is 1.00. The Balaban J connectivity index is 1.95. The minimum absolute atomic E-state index is 0.142. The predicted molar refractivity (Wildman–Crippen MR) is 48.7 cm³/mol. The molecule has 12 heavy (non-hydrogen) atoms. The smallest absolute Gasteiger partial charge is 0.0935 e. The van der Waals surface area contributed by atoms with Crippen LogP contribution in [-0.2, 0) is 0 Å². The molecule has 2 fully saturated rings. The van der Waals surface area contributed by atoms with E-state index in [9.17, 15) is 0 Å². The average Bonchev–Trinajstić information content (AvgIpc) is 2.66. The number of fused-ring (bicyclic) bond motifs is 1. The molecule has 2 aliphatic rings. The van der Waals surface area contributed by atoms with Gasteiger partial charge in [0.1, 0.15) is 0 Å². The summed E-state index contributed by atoms with van der Waals surface area (Å²) in [7, 11) is 0. The van der Waals surface area contributed by atoms with Gasteiger partial charge in [-0.15, -0.1) is 0 Å². The van der Waals surface area contributed by atoms with Crippen LogP contribution in [0.5, 0.6) is 0 Å². The van der Waals surface area contributed by atoms with E-state index in [1.165, 1.54) is 32.1 Å². The van der Waals surface area contributed by atoms with Crippen LogP contribution in [0.25, 0.3) is 0 Å². The van der Waals surface area contributed by atoms with E-state index in [0.29, 0.717) is 0 Å². The maximum absolute atomic E-state index is 8.85. The fourth-order valence-electron chi connectivity index (χ4n) is 3.04. The normalized spacial score (nSPS) is 46.5. The van der Waals surface area contributed by atoms with Crippen molar-refractivity contribution in [3.63, 3.8) is 0 Å². The molecule has 2 heteroatoms. The monoisotopic (exact) mass is 169 g/mol. The summed E-state index contributed by atoms with van der Waals surface area (Å²) < 4.78 is 0. The molecule has 2 rings (SSSR count). The third-order valence-corrected chi connectivity index (χ3v) is 3.91. The van der Waals surface area contributed by atoms with Gasteiger partial charge in [0.2, 0.25) is 0 Å². The van der Waals surface area contributed by atoms with Crippen molar-refractivity contribution >= 4 is 0 Å². The topological polar surface area (TPSA) is 32.3 Å². The summed E-state index contributed by atoms with van der Waals surface area (Å²) in [6.45, 7) is 2.41. The molecule has 70 valence electrons. The van der Waals surface area contributed by atoms with Crippen molar-refractivity contribution in [3.8, 4) is 0 Å². The molecule has 0 saturated heterocycles. The first kappa shape index (κ1) is 8.52. The molecule has 2 atom stereocenters. The molecule has 2 saturated carbocycles. The van der Waals surface area contributed by atoms with E-state index in [2.05, 4.69) is 12.2 Å². The largest absolute Gasteiger partial charge is 0.381 e. The molecule has 0 bridgehead atoms. The molecule has 2 unspecified atom stereocenters. The van der Waals surface area contributed by atoms with Crippen molar-refractivity contribution in [3.05, 3.63) is 0 Å². The molecule has 0 aromatic rings. The van der Waals surface area contributed by atoms with Crippen LogP contribution < -0.4 is 5.32 Å². The highest BCUT2D eigenvalue weighted by Crippen LogP contribution is 2.56. The van der Waals surface area contributed by atoms with Gasteiger partial charge in [0, 0.05) is 5.54 Å². The van der Waals surface area contributed by atoms with Crippen LogP contribution in [0.2, 0.25) is 0 Å². The Kier molecular flexibility index (Phi) is 2.13. The van der Waals surface area contributed by atoms with Gasteiger partial charge in [-0.3, -0.25) is 5.32 Å². The van der Waals surface area contributed by atoms with Crippen LogP contribution in [0.15, 0.2) is 0 Å². The Morgan fingerprint density at radius 2 is 1.83 bits per heavy atom. The summed E-state index contributed by atoms with van der Waals surface area (Å²) in [5.41, 5.74) is 0.287. The summed E-state index contributed by atoms with van der Waals surface area (Å²) in [5, 5.41) is 12.1. The number of rotatable bonds is 2. The first-order valence-corrected chi connectivity index (χ1v) is 5.15. The van der Waals surface area contributed by atoms with E-state index in [0.717, 1.165) is 11.8 Å². The Morgan fingerprint density at radius 1 is 1.25 bits per heavy atom. The Hall–Kier alpha value is -0.0800. The van der Waals surface area contributed by atoms with Crippen LogP contribution in [-0.4, -0.2) is 17.4 Å². The lowest BCUT2D eigenvalue weighted by Gasteiger charge is -2.13. The first-order valence-electron chi connectivity index (χ1n) is 5.15. The Labute approximate surface area is 74.4 Å². The number of hydrogen-bond donors (Lipinski definition) is 2. The minimum Gasteiger partial charge on any atom is -0.381 e. The van der Waals surface area contributed by atoms with Crippen molar-refractivity contribution < 1.29 is 5.11 Å². The maximum Gasteiger partial charge on any atom is 0.0935 e. The fourth-order valence-corrected chi connectivity index (χ4v) is 3.04. The van der Waals surface area contributed by atoms with Crippen molar-refractivity contribution in [2.45, 2.75) is 44.6 Å². The highest BCUT2D eigenvalue weighted by Gasteiger charge is 2.59. The summed E-state index contributed by atoms with van der Waals surface area (Å²) in [4.78, 5) is 0. The summed E-state index contributed by atoms with van der Waals surface area (Å²) in [6, 6.07) is 0. The van der Waals surface area contributed by atoms with Crippen molar-refractivity contribution in [2.75, 3.05) is 6.73 Å². The molecule has 2 nitrogen and oxygen atoms in total. The number of hydrogen-bond acceptors (Lipinski definition) is 2. The number of aliphatic hydroxyl groups excluding tert-OH is 1. The second-order valence-corrected chi connectivity index (χ2v) is 4.47. The standard InChI is InChI=1S/C10H19NO/c1-10(11-7-12)8-5-3-2-4-6-9(8)10/h8-9,11-12H,2-7H2,1H3. The van der Waals surface area contributed by atoms with Gasteiger partial charge in [0.05, 0.1) is 6.73 Å². The molecule has 0 amide bonds. The summed E-state index contributed by atoms with van der Waals surface area (Å²) >= 11 is 0. The van der Waals surface area contributed by atoms with Crippen molar-refractivity contribution in [1.82, 2.24) is 5.32 Å². The molecule has 0 heterocycles. The van der Waals surface area contributed by atoms with Gasteiger partial charge in [-0.2, -0.15) is 0 Å². The van der Waals surface area contributed by atoms with Crippen LogP contribution >= 0.6 is 0 Å². The SMILES string of the molecule is CC1(NCO)C2CCCCCC21. The Morgan fingerprint density at radius 3 is 2.33 bits per heavy atom. The van der Waals surface area contributed by atoms with E-state index in [1.54, 1.807) is 0 Å². The Bertz CT molecular complexity index is 157. The van der Waals surface area contributed by atoms with E-state index >= 15 is 0 Å². The van der Waals surface area contributed by atoms with E-state index in [1.807, 2.05) is 0 Å². The molecular formula is C10H19NO. The average molecular weight is 169 g/mol. The van der Waals surface area contributed by atoms with E-state index in [-0.39, 0.29) is 12.3 Å². The van der Waals surface area contributed by atoms with Crippen LogP contribution in [0.3, 0.4) is 0 Å². The van der Waals surface area contributed by atoms with E-state index < -0.39 is 0 Å². The van der Waals surface area contributed by atoms with Crippen LogP contribution in [0.4, 0.5) is 0 Å². The quantitative estimate of drug-likeness (QED) is 0.614. The number of aliphatic hydroxyl groups is 1. The lowest BCUT2D eigenvalue weighted by molar-refractivity contribution is 0.227. The van der Waals surface area contributed by atoms with E-state index in [4.69, 9.17) is 5.11 Å². The minimum atomic E-state index is 0.142. The maximum atomic E-state index is 8.85. The van der Waals surface area contributed by atoms with Crippen molar-refractivity contribution in [1.29, 1.82) is 0 Å². The van der Waals surface area contributed by atoms with Crippen LogP contribution in [0.1, 0.15) is 39.0 Å². The zero-order valence-electron chi connectivity index (χ0n) is 7.84. The molecule has 0 aliphatic heterocycles. The highest BCUT2D eigenvalue weighted by molar-refractivity contribution is 5.14. The van der Waals surface area contributed by atoms with Gasteiger partial charge in [0.25, 0.3) is 0 Å². The van der Waals surface area contributed by atoms with Crippen LogP contribution in [0, 0.1) is 11.8 Å². The third kappa shape index (κ3) is 1.17. The van der Waals surface area contributed by atoms with Gasteiger partial charge in [-0.25, -0.2) is 0 Å². The lowest BCUT2D eigenvalue weighted by Crippen LogP contribution is -2.32. The molecule has 0 aromatic heterocycles.